The molecule has 0 spiro atoms. The predicted octanol–water partition coefficient (Wildman–Crippen LogP) is -0.539. The van der Waals surface area contributed by atoms with Crippen LogP contribution in [0.2, 0.25) is 0 Å². The van der Waals surface area contributed by atoms with E-state index < -0.39 is 0 Å². The van der Waals surface area contributed by atoms with E-state index >= 15 is 0 Å². The molecule has 0 aromatic carbocycles. The van der Waals surface area contributed by atoms with Crippen LogP contribution in [0.5, 0.6) is 0 Å². The molecule has 0 radical (unpaired) electrons. The van der Waals surface area contributed by atoms with Gasteiger partial charge >= 0.3 is 0 Å². The lowest BCUT2D eigenvalue weighted by atomic mass is 10.2. The van der Waals surface area contributed by atoms with E-state index in [1.165, 1.54) is 0 Å². The number of unbranched alkanes of at least 4 members (excludes halogenated alkanes) is 1. The number of primary amides is 1. The van der Waals surface area contributed by atoms with Crippen molar-refractivity contribution in [3.63, 3.8) is 0 Å². The Morgan fingerprint density at radius 2 is 2.13 bits per heavy atom. The van der Waals surface area contributed by atoms with E-state index in [4.69, 9.17) is 11.6 Å². The molecule has 6 N–H and O–H groups in total. The summed E-state index contributed by atoms with van der Waals surface area (Å²) in [6.07, 6.45) is 3.07. The molecule has 0 aromatic heterocycles. The van der Waals surface area contributed by atoms with Crippen molar-refractivity contribution < 1.29 is 4.79 Å². The van der Waals surface area contributed by atoms with Crippen molar-refractivity contribution in [1.29, 1.82) is 0 Å². The number of aliphatic imine (C=N–C) groups is 1. The van der Waals surface area contributed by atoms with E-state index in [1.54, 1.807) is 0 Å². The molecule has 0 atom stereocenters. The molecule has 0 fully saturated rings. The number of hydrogen-bond donors (Lipinski definition) is 4. The third-order valence-corrected chi connectivity index (χ3v) is 1.77. The number of hydrazine groups is 1. The fourth-order valence-electron chi connectivity index (χ4n) is 1.01. The summed E-state index contributed by atoms with van der Waals surface area (Å²) in [5.41, 5.74) is 7.49. The average Bonchev–Trinajstić information content (AvgIpc) is 2.21. The Morgan fingerprint density at radius 3 is 2.67 bits per heavy atom. The first-order chi connectivity index (χ1) is 7.20. The number of nitrogens with one attached hydrogen (secondary N) is 2. The lowest BCUT2D eigenvalue weighted by molar-refractivity contribution is -0.118. The van der Waals surface area contributed by atoms with E-state index in [0.717, 1.165) is 32.4 Å². The molecule has 6 nitrogen and oxygen atoms in total. The van der Waals surface area contributed by atoms with Crippen LogP contribution in [0.1, 0.15) is 32.6 Å². The molecule has 88 valence electrons. The Kier molecular flexibility index (Phi) is 8.46. The fraction of sp³-hybridized carbons (Fsp3) is 0.778. The molecule has 0 aromatic rings. The molecule has 0 heterocycles. The number of nitrogens with two attached hydrogens (primary N) is 2. The van der Waals surface area contributed by atoms with Gasteiger partial charge in [0.1, 0.15) is 0 Å². The SMILES string of the molecule is CCCN=C(NN)NCCCCC(N)=O. The van der Waals surface area contributed by atoms with Crippen LogP contribution in [0.3, 0.4) is 0 Å². The molecular formula is C9H21N5O. The van der Waals surface area contributed by atoms with Crippen LogP contribution in [-0.2, 0) is 4.79 Å². The molecule has 0 aliphatic rings. The number of guanidine groups is 1. The Morgan fingerprint density at radius 1 is 1.40 bits per heavy atom. The zero-order valence-electron chi connectivity index (χ0n) is 9.25. The van der Waals surface area contributed by atoms with Crippen molar-refractivity contribution in [1.82, 2.24) is 10.7 Å². The minimum absolute atomic E-state index is 0.258. The van der Waals surface area contributed by atoms with E-state index in [2.05, 4.69) is 15.7 Å². The van der Waals surface area contributed by atoms with Crippen molar-refractivity contribution >= 4 is 11.9 Å². The van der Waals surface area contributed by atoms with Crippen LogP contribution in [0.4, 0.5) is 0 Å². The van der Waals surface area contributed by atoms with Gasteiger partial charge in [-0.2, -0.15) is 0 Å². The second-order valence-corrected chi connectivity index (χ2v) is 3.22. The number of hydrogen-bond acceptors (Lipinski definition) is 3. The first-order valence-electron chi connectivity index (χ1n) is 5.24. The van der Waals surface area contributed by atoms with Crippen molar-refractivity contribution in [3.05, 3.63) is 0 Å². The average molecular weight is 215 g/mol. The zero-order valence-corrected chi connectivity index (χ0v) is 9.25. The molecule has 0 bridgehead atoms. The molecule has 0 unspecified atom stereocenters. The van der Waals surface area contributed by atoms with Gasteiger partial charge in [-0.1, -0.05) is 6.92 Å². The molecule has 0 saturated heterocycles. The lowest BCUT2D eigenvalue weighted by Gasteiger charge is -2.08. The van der Waals surface area contributed by atoms with E-state index in [1.807, 2.05) is 6.92 Å². The summed E-state index contributed by atoms with van der Waals surface area (Å²) in [7, 11) is 0. The molecule has 1 amide bonds. The summed E-state index contributed by atoms with van der Waals surface area (Å²) in [4.78, 5) is 14.6. The predicted molar refractivity (Wildman–Crippen MR) is 61.0 cm³/mol. The summed E-state index contributed by atoms with van der Waals surface area (Å²) in [5.74, 6) is 5.59. The molecule has 0 aliphatic carbocycles. The summed E-state index contributed by atoms with van der Waals surface area (Å²) in [6.45, 7) is 3.53. The molecule has 0 saturated carbocycles. The first-order valence-corrected chi connectivity index (χ1v) is 5.24. The fourth-order valence-corrected chi connectivity index (χ4v) is 1.01. The van der Waals surface area contributed by atoms with Gasteiger partial charge in [-0.3, -0.25) is 15.2 Å². The van der Waals surface area contributed by atoms with Gasteiger partial charge in [0.05, 0.1) is 0 Å². The van der Waals surface area contributed by atoms with Crippen LogP contribution < -0.4 is 22.3 Å². The van der Waals surface area contributed by atoms with Crippen LogP contribution >= 0.6 is 0 Å². The Hall–Kier alpha value is -1.30. The highest BCUT2D eigenvalue weighted by Gasteiger charge is 1.96. The van der Waals surface area contributed by atoms with Gasteiger partial charge in [0, 0.05) is 19.5 Å². The van der Waals surface area contributed by atoms with Gasteiger partial charge < -0.3 is 11.1 Å². The molecule has 15 heavy (non-hydrogen) atoms. The summed E-state index contributed by atoms with van der Waals surface area (Å²) < 4.78 is 0. The minimum atomic E-state index is -0.258. The summed E-state index contributed by atoms with van der Waals surface area (Å²) >= 11 is 0. The molecule has 6 heteroatoms. The van der Waals surface area contributed by atoms with Crippen molar-refractivity contribution in [2.24, 2.45) is 16.6 Å². The van der Waals surface area contributed by atoms with Gasteiger partial charge in [0.25, 0.3) is 0 Å². The van der Waals surface area contributed by atoms with E-state index in [9.17, 15) is 4.79 Å². The van der Waals surface area contributed by atoms with Gasteiger partial charge in [-0.15, -0.1) is 0 Å². The van der Waals surface area contributed by atoms with Gasteiger partial charge in [-0.05, 0) is 19.3 Å². The molecule has 0 aliphatic heterocycles. The number of rotatable bonds is 7. The van der Waals surface area contributed by atoms with Crippen LogP contribution in [0.25, 0.3) is 0 Å². The normalized spacial score (nSPS) is 11.2. The Balaban J connectivity index is 3.50. The number of carbonyl (C=O) groups excluding carboxylic acids is 1. The standard InChI is InChI=1S/C9H21N5O/c1-2-6-12-9(14-11)13-7-4-3-5-8(10)15/h2-7,11H2,1H3,(H2,10,15)(H2,12,13,14). The first kappa shape index (κ1) is 13.7. The monoisotopic (exact) mass is 215 g/mol. The van der Waals surface area contributed by atoms with Crippen molar-refractivity contribution in [2.45, 2.75) is 32.6 Å². The smallest absolute Gasteiger partial charge is 0.217 e. The third-order valence-electron chi connectivity index (χ3n) is 1.77. The second kappa shape index (κ2) is 9.26. The Labute approximate surface area is 90.5 Å². The molecular weight excluding hydrogens is 194 g/mol. The van der Waals surface area contributed by atoms with Crippen molar-refractivity contribution in [3.8, 4) is 0 Å². The van der Waals surface area contributed by atoms with Crippen LogP contribution in [0.15, 0.2) is 4.99 Å². The molecule has 0 rings (SSSR count). The zero-order chi connectivity index (χ0) is 11.5. The second-order valence-electron chi connectivity index (χ2n) is 3.22. The van der Waals surface area contributed by atoms with Gasteiger partial charge in [0.15, 0.2) is 0 Å². The maximum Gasteiger partial charge on any atom is 0.217 e. The largest absolute Gasteiger partial charge is 0.370 e. The van der Waals surface area contributed by atoms with Crippen LogP contribution in [0, 0.1) is 0 Å². The highest BCUT2D eigenvalue weighted by atomic mass is 16.1. The number of carbonyl (C=O) groups is 1. The van der Waals surface area contributed by atoms with Crippen molar-refractivity contribution in [2.75, 3.05) is 13.1 Å². The van der Waals surface area contributed by atoms with Gasteiger partial charge in [-0.25, -0.2) is 5.84 Å². The maximum atomic E-state index is 10.4. The summed E-state index contributed by atoms with van der Waals surface area (Å²) in [6, 6.07) is 0. The van der Waals surface area contributed by atoms with Gasteiger partial charge in [0.2, 0.25) is 11.9 Å². The summed E-state index contributed by atoms with van der Waals surface area (Å²) in [5, 5.41) is 3.04. The Bertz CT molecular complexity index is 205. The quantitative estimate of drug-likeness (QED) is 0.150. The maximum absolute atomic E-state index is 10.4. The van der Waals surface area contributed by atoms with E-state index in [0.29, 0.717) is 12.4 Å². The highest BCUT2D eigenvalue weighted by Crippen LogP contribution is 1.92. The topological polar surface area (TPSA) is 106 Å². The van der Waals surface area contributed by atoms with E-state index in [-0.39, 0.29) is 5.91 Å². The highest BCUT2D eigenvalue weighted by molar-refractivity contribution is 5.79. The minimum Gasteiger partial charge on any atom is -0.370 e. The third kappa shape index (κ3) is 9.01. The lowest BCUT2D eigenvalue weighted by Crippen LogP contribution is -2.42. The number of amides is 1. The van der Waals surface area contributed by atoms with Crippen LogP contribution in [-0.4, -0.2) is 25.0 Å². The number of nitrogens with zero attached hydrogens (tertiary/aromatic N) is 1.